The Bertz CT molecular complexity index is 1010. The summed E-state index contributed by atoms with van der Waals surface area (Å²) in [6.45, 7) is 2.20. The second-order valence-corrected chi connectivity index (χ2v) is 9.01. The average Bonchev–Trinajstić information content (AvgIpc) is 2.73. The zero-order chi connectivity index (χ0) is 22.8. The quantitative estimate of drug-likeness (QED) is 0.637. The minimum atomic E-state index is -4.72. The zero-order valence-corrected chi connectivity index (χ0v) is 17.0. The van der Waals surface area contributed by atoms with E-state index in [0.29, 0.717) is 32.7 Å². The summed E-state index contributed by atoms with van der Waals surface area (Å²) >= 11 is 0. The maximum absolute atomic E-state index is 12.6. The number of sulfone groups is 1. The number of benzene rings is 2. The molecule has 0 aromatic heterocycles. The van der Waals surface area contributed by atoms with E-state index >= 15 is 0 Å². The Morgan fingerprint density at radius 1 is 0.903 bits per heavy atom. The number of amides is 1. The number of halogens is 5. The van der Waals surface area contributed by atoms with Crippen LogP contribution >= 0.6 is 0 Å². The highest BCUT2D eigenvalue weighted by Gasteiger charge is 2.30. The number of carbonyl (C=O) groups excluding carboxylic acids is 1. The van der Waals surface area contributed by atoms with Gasteiger partial charge in [-0.25, -0.2) is 8.42 Å². The van der Waals surface area contributed by atoms with Crippen molar-refractivity contribution >= 4 is 15.7 Å². The predicted molar refractivity (Wildman–Crippen MR) is 102 cm³/mol. The molecule has 31 heavy (non-hydrogen) atoms. The molecule has 3 rings (SSSR count). The van der Waals surface area contributed by atoms with Gasteiger partial charge in [-0.1, -0.05) is 12.1 Å². The van der Waals surface area contributed by atoms with Crippen molar-refractivity contribution < 1.29 is 35.2 Å². The molecular weight excluding hydrogens is 443 g/mol. The van der Waals surface area contributed by atoms with Crippen molar-refractivity contribution in [3.63, 3.8) is 0 Å². The fraction of sp³-hybridized carbons (Fsp3) is 0.350. The average molecular weight is 462 g/mol. The molecule has 0 saturated carbocycles. The molecule has 1 heterocycles. The molecule has 1 amide bonds. The Kier molecular flexibility index (Phi) is 6.65. The van der Waals surface area contributed by atoms with E-state index in [-0.39, 0.29) is 11.5 Å². The van der Waals surface area contributed by atoms with E-state index in [1.54, 1.807) is 4.90 Å². The molecule has 0 aliphatic carbocycles. The first kappa shape index (κ1) is 23.1. The topological polar surface area (TPSA) is 57.7 Å². The van der Waals surface area contributed by atoms with Crippen molar-refractivity contribution in [3.05, 3.63) is 65.2 Å². The van der Waals surface area contributed by atoms with Crippen LogP contribution in [-0.4, -0.2) is 56.1 Å². The summed E-state index contributed by atoms with van der Waals surface area (Å²) in [7, 11) is -4.72. The van der Waals surface area contributed by atoms with Crippen LogP contribution in [0.5, 0.6) is 0 Å². The Balaban J connectivity index is 1.56. The lowest BCUT2D eigenvalue weighted by atomic mass is 10.1. The third-order valence-electron chi connectivity index (χ3n) is 5.01. The van der Waals surface area contributed by atoms with Crippen LogP contribution in [0.15, 0.2) is 53.4 Å². The number of alkyl halides is 5. The molecule has 5 nitrogen and oxygen atoms in total. The molecule has 1 fully saturated rings. The number of carbonyl (C=O) groups is 1. The van der Waals surface area contributed by atoms with Gasteiger partial charge in [-0.05, 0) is 42.0 Å². The van der Waals surface area contributed by atoms with Crippen LogP contribution in [0.1, 0.15) is 21.5 Å². The van der Waals surface area contributed by atoms with Crippen molar-refractivity contribution in [2.75, 3.05) is 26.2 Å². The fourth-order valence-electron chi connectivity index (χ4n) is 3.24. The van der Waals surface area contributed by atoms with Gasteiger partial charge in [-0.2, -0.15) is 22.0 Å². The van der Waals surface area contributed by atoms with Crippen molar-refractivity contribution in [2.24, 2.45) is 0 Å². The van der Waals surface area contributed by atoms with Crippen LogP contribution in [0.3, 0.4) is 0 Å². The first-order chi connectivity index (χ1) is 14.5. The van der Waals surface area contributed by atoms with Gasteiger partial charge in [0.1, 0.15) is 0 Å². The van der Waals surface area contributed by atoms with Crippen molar-refractivity contribution in [1.82, 2.24) is 9.80 Å². The van der Waals surface area contributed by atoms with Crippen LogP contribution in [0, 0.1) is 0 Å². The summed E-state index contributed by atoms with van der Waals surface area (Å²) in [6.07, 6.45) is -4.38. The van der Waals surface area contributed by atoms with Crippen molar-refractivity contribution in [1.29, 1.82) is 0 Å². The Labute approximate surface area is 176 Å². The monoisotopic (exact) mass is 462 g/mol. The van der Waals surface area contributed by atoms with Gasteiger partial charge in [0, 0.05) is 38.3 Å². The van der Waals surface area contributed by atoms with E-state index in [0.717, 1.165) is 29.8 Å². The zero-order valence-electron chi connectivity index (χ0n) is 16.1. The van der Waals surface area contributed by atoms with Crippen molar-refractivity contribution in [3.8, 4) is 0 Å². The summed E-state index contributed by atoms with van der Waals surface area (Å²) in [4.78, 5) is 15.6. The maximum Gasteiger partial charge on any atom is 0.416 e. The molecule has 168 valence electrons. The second-order valence-electron chi connectivity index (χ2n) is 7.09. The third kappa shape index (κ3) is 5.40. The summed E-state index contributed by atoms with van der Waals surface area (Å²) < 4.78 is 86.0. The Morgan fingerprint density at radius 3 is 1.94 bits per heavy atom. The highest BCUT2D eigenvalue weighted by Crippen LogP contribution is 2.29. The molecule has 0 spiro atoms. The standard InChI is InChI=1S/C20H19F5N2O3S/c21-19(22)31(29,30)17-7-3-15(4-8-17)18(28)27-11-9-26(10-12-27)13-14-1-5-16(6-2-14)20(23,24)25/h1-8,19H,9-13H2. The fourth-order valence-corrected chi connectivity index (χ4v) is 3.96. The van der Waals surface area contributed by atoms with Crippen LogP contribution in [0.25, 0.3) is 0 Å². The molecule has 11 heteroatoms. The van der Waals surface area contributed by atoms with Crippen LogP contribution in [-0.2, 0) is 22.6 Å². The number of nitrogens with zero attached hydrogens (tertiary/aromatic N) is 2. The smallest absolute Gasteiger partial charge is 0.336 e. The third-order valence-corrected chi connectivity index (χ3v) is 6.41. The van der Waals surface area contributed by atoms with Gasteiger partial charge in [-0.3, -0.25) is 9.69 Å². The van der Waals surface area contributed by atoms with Crippen LogP contribution in [0.4, 0.5) is 22.0 Å². The molecule has 0 radical (unpaired) electrons. The van der Waals surface area contributed by atoms with Crippen LogP contribution in [0.2, 0.25) is 0 Å². The van der Waals surface area contributed by atoms with Gasteiger partial charge in [-0.15, -0.1) is 0 Å². The van der Waals surface area contributed by atoms with Crippen LogP contribution < -0.4 is 0 Å². The predicted octanol–water partition coefficient (Wildman–Crippen LogP) is 3.66. The Morgan fingerprint density at radius 2 is 1.45 bits per heavy atom. The van der Waals surface area contributed by atoms with E-state index in [4.69, 9.17) is 0 Å². The minimum absolute atomic E-state index is 0.185. The van der Waals surface area contributed by atoms with Gasteiger partial charge in [0.2, 0.25) is 9.84 Å². The van der Waals surface area contributed by atoms with E-state index in [1.165, 1.54) is 24.3 Å². The highest BCUT2D eigenvalue weighted by atomic mass is 32.2. The molecule has 2 aromatic rings. The number of rotatable bonds is 5. The summed E-state index contributed by atoms with van der Waals surface area (Å²) in [5.41, 5.74) is 0.201. The van der Waals surface area contributed by atoms with Gasteiger partial charge in [0.15, 0.2) is 0 Å². The lowest BCUT2D eigenvalue weighted by molar-refractivity contribution is -0.137. The Hall–Kier alpha value is -2.53. The van der Waals surface area contributed by atoms with Gasteiger partial charge >= 0.3 is 11.9 Å². The molecule has 0 bridgehead atoms. The van der Waals surface area contributed by atoms with Gasteiger partial charge < -0.3 is 4.90 Å². The van der Waals surface area contributed by atoms with E-state index < -0.39 is 32.2 Å². The molecule has 2 aromatic carbocycles. The molecule has 0 unspecified atom stereocenters. The minimum Gasteiger partial charge on any atom is -0.336 e. The lowest BCUT2D eigenvalue weighted by Crippen LogP contribution is -2.48. The first-order valence-corrected chi connectivity index (χ1v) is 10.8. The first-order valence-electron chi connectivity index (χ1n) is 9.28. The summed E-state index contributed by atoms with van der Waals surface area (Å²) in [5.74, 6) is -3.89. The number of hydrogen-bond acceptors (Lipinski definition) is 4. The molecular formula is C20H19F5N2O3S. The maximum atomic E-state index is 12.6. The summed E-state index contributed by atoms with van der Waals surface area (Å²) in [6, 6.07) is 9.29. The van der Waals surface area contributed by atoms with E-state index in [2.05, 4.69) is 0 Å². The summed E-state index contributed by atoms with van der Waals surface area (Å²) in [5, 5.41) is 0. The van der Waals surface area contributed by atoms with E-state index in [1.807, 2.05) is 4.90 Å². The van der Waals surface area contributed by atoms with Crippen molar-refractivity contribution in [2.45, 2.75) is 23.4 Å². The molecule has 1 aliphatic heterocycles. The number of hydrogen-bond donors (Lipinski definition) is 0. The largest absolute Gasteiger partial charge is 0.416 e. The molecule has 1 aliphatic rings. The van der Waals surface area contributed by atoms with E-state index in [9.17, 15) is 35.2 Å². The number of piperazine rings is 1. The lowest BCUT2D eigenvalue weighted by Gasteiger charge is -2.34. The highest BCUT2D eigenvalue weighted by molar-refractivity contribution is 7.91. The van der Waals surface area contributed by atoms with Gasteiger partial charge in [0.05, 0.1) is 10.5 Å². The van der Waals surface area contributed by atoms with Gasteiger partial charge in [0.25, 0.3) is 5.91 Å². The molecule has 0 N–H and O–H groups in total. The second kappa shape index (κ2) is 8.91. The SMILES string of the molecule is O=C(c1ccc(S(=O)(=O)C(F)F)cc1)N1CCN(Cc2ccc(C(F)(F)F)cc2)CC1. The molecule has 0 atom stereocenters. The molecule has 1 saturated heterocycles. The normalized spacial score (nSPS) is 16.0.